The molecule has 0 spiro atoms. The van der Waals surface area contributed by atoms with Gasteiger partial charge in [0.25, 0.3) is 6.94 Å². The van der Waals surface area contributed by atoms with Crippen molar-refractivity contribution >= 4 is 22.2 Å². The van der Waals surface area contributed by atoms with Crippen LogP contribution in [0.25, 0.3) is 0 Å². The Kier molecular flexibility index (Phi) is 6.57. The second-order valence-electron chi connectivity index (χ2n) is 3.12. The van der Waals surface area contributed by atoms with E-state index in [1.807, 2.05) is 0 Å². The van der Waals surface area contributed by atoms with Gasteiger partial charge < -0.3 is 4.43 Å². The van der Waals surface area contributed by atoms with Gasteiger partial charge in [-0.05, 0) is 12.6 Å². The van der Waals surface area contributed by atoms with E-state index in [-0.39, 0.29) is 0 Å². The van der Waals surface area contributed by atoms with E-state index in [9.17, 15) is 0 Å². The van der Waals surface area contributed by atoms with Crippen molar-refractivity contribution in [2.45, 2.75) is 45.2 Å². The fourth-order valence-corrected chi connectivity index (χ4v) is 2.90. The Labute approximate surface area is 79.2 Å². The fraction of sp³-hybridized carbons (Fsp3) is 1.00. The van der Waals surface area contributed by atoms with Crippen LogP contribution in [0.1, 0.15) is 32.6 Å². The summed E-state index contributed by atoms with van der Waals surface area (Å²) in [6, 6.07) is 1.24. The van der Waals surface area contributed by atoms with Crippen LogP contribution in [0, 0.1) is 0 Å². The van der Waals surface area contributed by atoms with Crippen LogP contribution in [-0.2, 0) is 4.43 Å². The SMILES string of the molecule is CCCCCC[Si](C)(Br)OC. The predicted molar refractivity (Wildman–Crippen MR) is 56.5 cm³/mol. The second-order valence-corrected chi connectivity index (χ2v) is 11.3. The van der Waals surface area contributed by atoms with E-state index in [0.717, 1.165) is 0 Å². The van der Waals surface area contributed by atoms with Crippen LogP contribution < -0.4 is 0 Å². The zero-order valence-electron chi connectivity index (χ0n) is 7.82. The van der Waals surface area contributed by atoms with Crippen molar-refractivity contribution < 1.29 is 4.43 Å². The van der Waals surface area contributed by atoms with E-state index in [0.29, 0.717) is 0 Å². The molecule has 0 aromatic carbocycles. The summed E-state index contributed by atoms with van der Waals surface area (Å²) in [7, 11) is 1.81. The summed E-state index contributed by atoms with van der Waals surface area (Å²) in [6.07, 6.45) is 5.35. The van der Waals surface area contributed by atoms with Crippen LogP contribution >= 0.6 is 15.3 Å². The lowest BCUT2D eigenvalue weighted by molar-refractivity contribution is 0.416. The maximum atomic E-state index is 5.37. The van der Waals surface area contributed by atoms with Gasteiger partial charge in [0.05, 0.1) is 0 Å². The number of hydrogen-bond donors (Lipinski definition) is 0. The van der Waals surface area contributed by atoms with Crippen molar-refractivity contribution in [3.8, 4) is 0 Å². The maximum absolute atomic E-state index is 5.37. The Bertz CT molecular complexity index is 96.1. The Balaban J connectivity index is 3.23. The Morgan fingerprint density at radius 3 is 2.36 bits per heavy atom. The third kappa shape index (κ3) is 7.03. The summed E-state index contributed by atoms with van der Waals surface area (Å²) >= 11 is 3.65. The van der Waals surface area contributed by atoms with E-state index in [1.54, 1.807) is 7.11 Å². The molecule has 1 unspecified atom stereocenters. The quantitative estimate of drug-likeness (QED) is 0.390. The van der Waals surface area contributed by atoms with E-state index in [4.69, 9.17) is 4.43 Å². The molecule has 11 heavy (non-hydrogen) atoms. The molecule has 0 aliphatic heterocycles. The fourth-order valence-electron chi connectivity index (χ4n) is 0.970. The number of halogens is 1. The highest BCUT2D eigenvalue weighted by atomic mass is 79.9. The molecule has 0 saturated heterocycles. The van der Waals surface area contributed by atoms with Crippen LogP contribution in [0.4, 0.5) is 0 Å². The Morgan fingerprint density at radius 2 is 1.91 bits per heavy atom. The molecule has 1 nitrogen and oxygen atoms in total. The van der Waals surface area contributed by atoms with Crippen molar-refractivity contribution in [2.75, 3.05) is 7.11 Å². The van der Waals surface area contributed by atoms with Gasteiger partial charge in [0, 0.05) is 7.11 Å². The summed E-state index contributed by atoms with van der Waals surface area (Å²) in [5.41, 5.74) is 0. The standard InChI is InChI=1S/C8H19BrOSi/c1-4-5-6-7-8-11(3,9)10-2/h4-8H2,1-3H3. The molecule has 0 bridgehead atoms. The number of hydrogen-bond acceptors (Lipinski definition) is 1. The minimum atomic E-state index is -1.41. The Hall–Kier alpha value is 0.657. The largest absolute Gasteiger partial charge is 0.410 e. The molecule has 0 aliphatic carbocycles. The molecule has 0 heterocycles. The molecule has 0 saturated carbocycles. The average Bonchev–Trinajstić information content (AvgIpc) is 1.99. The molecule has 0 radical (unpaired) electrons. The summed E-state index contributed by atoms with van der Waals surface area (Å²) in [6.45, 7) is 3.03. The predicted octanol–water partition coefficient (Wildman–Crippen LogP) is 3.68. The number of unbranched alkanes of at least 4 members (excludes halogenated alkanes) is 3. The first-order valence-electron chi connectivity index (χ1n) is 4.36. The molecule has 0 aliphatic rings. The minimum Gasteiger partial charge on any atom is -0.410 e. The van der Waals surface area contributed by atoms with Gasteiger partial charge in [0.2, 0.25) is 0 Å². The molecule has 68 valence electrons. The average molecular weight is 239 g/mol. The van der Waals surface area contributed by atoms with Gasteiger partial charge >= 0.3 is 0 Å². The van der Waals surface area contributed by atoms with Crippen LogP contribution in [0.2, 0.25) is 12.6 Å². The summed E-state index contributed by atoms with van der Waals surface area (Å²) in [5, 5.41) is 0. The van der Waals surface area contributed by atoms with E-state index < -0.39 is 6.94 Å². The second kappa shape index (κ2) is 6.20. The van der Waals surface area contributed by atoms with Gasteiger partial charge in [-0.1, -0.05) is 47.9 Å². The van der Waals surface area contributed by atoms with Crippen molar-refractivity contribution in [3.63, 3.8) is 0 Å². The third-order valence-electron chi connectivity index (χ3n) is 1.90. The monoisotopic (exact) mass is 238 g/mol. The van der Waals surface area contributed by atoms with E-state index in [1.165, 1.54) is 31.7 Å². The van der Waals surface area contributed by atoms with Gasteiger partial charge in [-0.3, -0.25) is 0 Å². The lowest BCUT2D eigenvalue weighted by atomic mass is 10.2. The molecule has 0 aromatic rings. The van der Waals surface area contributed by atoms with Crippen molar-refractivity contribution in [2.24, 2.45) is 0 Å². The van der Waals surface area contributed by atoms with Gasteiger partial charge in [0.15, 0.2) is 0 Å². The summed E-state index contributed by atoms with van der Waals surface area (Å²) in [4.78, 5) is 0. The highest BCUT2D eigenvalue weighted by Gasteiger charge is 2.22. The lowest BCUT2D eigenvalue weighted by Gasteiger charge is -2.16. The zero-order valence-corrected chi connectivity index (χ0v) is 10.4. The highest BCUT2D eigenvalue weighted by Crippen LogP contribution is 2.21. The van der Waals surface area contributed by atoms with E-state index >= 15 is 0 Å². The molecular weight excluding hydrogens is 220 g/mol. The van der Waals surface area contributed by atoms with Crippen LogP contribution in [0.15, 0.2) is 0 Å². The molecule has 3 heteroatoms. The first-order chi connectivity index (χ1) is 5.12. The first-order valence-corrected chi connectivity index (χ1v) is 9.23. The van der Waals surface area contributed by atoms with Crippen LogP contribution in [0.3, 0.4) is 0 Å². The van der Waals surface area contributed by atoms with Crippen molar-refractivity contribution in [1.82, 2.24) is 0 Å². The van der Waals surface area contributed by atoms with Gasteiger partial charge in [0.1, 0.15) is 0 Å². The van der Waals surface area contributed by atoms with E-state index in [2.05, 4.69) is 28.8 Å². The molecule has 0 rings (SSSR count). The lowest BCUT2D eigenvalue weighted by Crippen LogP contribution is -2.23. The van der Waals surface area contributed by atoms with Gasteiger partial charge in [-0.15, -0.1) is 0 Å². The Morgan fingerprint density at radius 1 is 1.27 bits per heavy atom. The third-order valence-corrected chi connectivity index (χ3v) is 6.16. The number of rotatable bonds is 6. The minimum absolute atomic E-state index is 1.24. The molecule has 0 amide bonds. The molecule has 0 N–H and O–H groups in total. The van der Waals surface area contributed by atoms with Gasteiger partial charge in [-0.25, -0.2) is 0 Å². The van der Waals surface area contributed by atoms with Gasteiger partial charge in [-0.2, -0.15) is 0 Å². The molecular formula is C8H19BrOSi. The summed E-state index contributed by atoms with van der Waals surface area (Å²) < 4.78 is 5.37. The van der Waals surface area contributed by atoms with Crippen LogP contribution in [0.5, 0.6) is 0 Å². The maximum Gasteiger partial charge on any atom is 0.260 e. The zero-order chi connectivity index (χ0) is 8.74. The van der Waals surface area contributed by atoms with Crippen molar-refractivity contribution in [3.05, 3.63) is 0 Å². The first kappa shape index (κ1) is 11.7. The van der Waals surface area contributed by atoms with Crippen LogP contribution in [-0.4, -0.2) is 14.0 Å². The normalized spacial score (nSPS) is 16.4. The highest BCUT2D eigenvalue weighted by molar-refractivity contribution is 9.25. The molecule has 0 fully saturated rings. The van der Waals surface area contributed by atoms with Crippen molar-refractivity contribution in [1.29, 1.82) is 0 Å². The molecule has 0 aromatic heterocycles. The smallest absolute Gasteiger partial charge is 0.260 e. The summed E-state index contributed by atoms with van der Waals surface area (Å²) in [5.74, 6) is 0. The topological polar surface area (TPSA) is 9.23 Å². The molecule has 1 atom stereocenters.